The Morgan fingerprint density at radius 3 is 2.75 bits per heavy atom. The van der Waals surface area contributed by atoms with Crippen LogP contribution >= 0.6 is 0 Å². The van der Waals surface area contributed by atoms with E-state index in [1.807, 2.05) is 4.90 Å². The number of aliphatic hydroxyl groups excluding tert-OH is 1. The number of hydrogen-bond donors (Lipinski definition) is 1. The van der Waals surface area contributed by atoms with Gasteiger partial charge in [-0.25, -0.2) is 9.97 Å². The van der Waals surface area contributed by atoms with Gasteiger partial charge in [0.1, 0.15) is 12.4 Å². The van der Waals surface area contributed by atoms with E-state index in [0.717, 1.165) is 19.4 Å². The lowest BCUT2D eigenvalue weighted by Crippen LogP contribution is -2.39. The van der Waals surface area contributed by atoms with E-state index < -0.39 is 4.92 Å². The van der Waals surface area contributed by atoms with E-state index in [1.165, 1.54) is 12.4 Å². The summed E-state index contributed by atoms with van der Waals surface area (Å²) in [5, 5.41) is 19.9. The molecule has 16 heavy (non-hydrogen) atoms. The smallest absolute Gasteiger partial charge is 0.305 e. The highest BCUT2D eigenvalue weighted by Crippen LogP contribution is 2.17. The van der Waals surface area contributed by atoms with E-state index in [1.54, 1.807) is 0 Å². The van der Waals surface area contributed by atoms with Crippen LogP contribution in [-0.2, 0) is 0 Å². The summed E-state index contributed by atoms with van der Waals surface area (Å²) in [6, 6.07) is 0. The second-order valence-corrected chi connectivity index (χ2v) is 3.74. The van der Waals surface area contributed by atoms with Gasteiger partial charge in [0.05, 0.1) is 11.0 Å². The number of nitrogens with zero attached hydrogens (tertiary/aromatic N) is 4. The van der Waals surface area contributed by atoms with Gasteiger partial charge in [-0.05, 0) is 12.8 Å². The number of anilines is 1. The third kappa shape index (κ3) is 2.25. The van der Waals surface area contributed by atoms with E-state index >= 15 is 0 Å². The van der Waals surface area contributed by atoms with Crippen molar-refractivity contribution < 1.29 is 10.0 Å². The minimum absolute atomic E-state index is 0.124. The third-order valence-electron chi connectivity index (χ3n) is 2.51. The number of nitro groups is 1. The fourth-order valence-corrected chi connectivity index (χ4v) is 1.71. The Morgan fingerprint density at radius 1 is 1.50 bits per heavy atom. The molecule has 1 atom stereocenters. The van der Waals surface area contributed by atoms with E-state index in [0.29, 0.717) is 12.5 Å². The van der Waals surface area contributed by atoms with Gasteiger partial charge in [-0.3, -0.25) is 10.1 Å². The molecule has 7 nitrogen and oxygen atoms in total. The maximum absolute atomic E-state index is 10.4. The second-order valence-electron chi connectivity index (χ2n) is 3.74. The molecule has 0 amide bonds. The highest BCUT2D eigenvalue weighted by Gasteiger charge is 2.20. The predicted molar refractivity (Wildman–Crippen MR) is 56.1 cm³/mol. The van der Waals surface area contributed by atoms with Crippen LogP contribution in [0, 0.1) is 10.1 Å². The first-order valence-corrected chi connectivity index (χ1v) is 5.06. The van der Waals surface area contributed by atoms with Crippen LogP contribution in [0.2, 0.25) is 0 Å². The average Bonchev–Trinajstić information content (AvgIpc) is 2.29. The molecule has 1 aromatic heterocycles. The Bertz CT molecular complexity index is 381. The van der Waals surface area contributed by atoms with Crippen LogP contribution in [0.1, 0.15) is 12.8 Å². The van der Waals surface area contributed by atoms with E-state index in [9.17, 15) is 15.2 Å². The van der Waals surface area contributed by atoms with Crippen LogP contribution in [-0.4, -0.2) is 39.2 Å². The van der Waals surface area contributed by atoms with Crippen LogP contribution < -0.4 is 4.90 Å². The Kier molecular flexibility index (Phi) is 2.95. The molecule has 2 heterocycles. The molecule has 1 fully saturated rings. The van der Waals surface area contributed by atoms with Gasteiger partial charge in [-0.2, -0.15) is 0 Å². The van der Waals surface area contributed by atoms with Crippen molar-refractivity contribution >= 4 is 11.6 Å². The summed E-state index contributed by atoms with van der Waals surface area (Å²) >= 11 is 0. The molecular formula is C9H12N4O3. The van der Waals surface area contributed by atoms with Crippen LogP contribution in [0.5, 0.6) is 0 Å². The number of rotatable bonds is 2. The van der Waals surface area contributed by atoms with Gasteiger partial charge in [0, 0.05) is 13.1 Å². The minimum Gasteiger partial charge on any atom is -0.391 e. The van der Waals surface area contributed by atoms with Crippen molar-refractivity contribution in [1.29, 1.82) is 0 Å². The molecule has 1 aliphatic heterocycles. The standard InChI is InChI=1S/C9H12N4O3/c14-8-2-1-3-12(6-8)9-10-4-7(5-11-9)13(15)16/h4-5,8,14H,1-3,6H2/t8-/m1/s1. The van der Waals surface area contributed by atoms with Crippen LogP contribution in [0.25, 0.3) is 0 Å². The van der Waals surface area contributed by atoms with Crippen molar-refractivity contribution in [2.75, 3.05) is 18.0 Å². The summed E-state index contributed by atoms with van der Waals surface area (Å²) in [6.45, 7) is 1.26. The first kappa shape index (κ1) is 10.7. The summed E-state index contributed by atoms with van der Waals surface area (Å²) in [4.78, 5) is 19.6. The maximum atomic E-state index is 10.4. The molecule has 1 saturated heterocycles. The molecule has 0 spiro atoms. The molecule has 1 aliphatic rings. The average molecular weight is 224 g/mol. The quantitative estimate of drug-likeness (QED) is 0.575. The van der Waals surface area contributed by atoms with E-state index in [4.69, 9.17) is 0 Å². The summed E-state index contributed by atoms with van der Waals surface area (Å²) in [7, 11) is 0. The molecule has 7 heteroatoms. The van der Waals surface area contributed by atoms with Crippen molar-refractivity contribution in [1.82, 2.24) is 9.97 Å². The zero-order valence-electron chi connectivity index (χ0n) is 8.61. The van der Waals surface area contributed by atoms with Gasteiger partial charge in [-0.15, -0.1) is 0 Å². The summed E-state index contributed by atoms with van der Waals surface area (Å²) in [5.41, 5.74) is -0.124. The van der Waals surface area contributed by atoms with E-state index in [-0.39, 0.29) is 11.8 Å². The van der Waals surface area contributed by atoms with Gasteiger partial charge in [-0.1, -0.05) is 0 Å². The molecule has 2 rings (SSSR count). The number of hydrogen-bond acceptors (Lipinski definition) is 6. The largest absolute Gasteiger partial charge is 0.391 e. The summed E-state index contributed by atoms with van der Waals surface area (Å²) < 4.78 is 0. The van der Waals surface area contributed by atoms with Crippen molar-refractivity contribution in [3.63, 3.8) is 0 Å². The van der Waals surface area contributed by atoms with Crippen molar-refractivity contribution in [3.05, 3.63) is 22.5 Å². The van der Waals surface area contributed by atoms with Gasteiger partial charge in [0.15, 0.2) is 0 Å². The predicted octanol–water partition coefficient (Wildman–Crippen LogP) is 0.346. The normalized spacial score (nSPS) is 20.8. The zero-order chi connectivity index (χ0) is 11.5. The molecule has 1 aromatic rings. The van der Waals surface area contributed by atoms with Crippen LogP contribution in [0.4, 0.5) is 11.6 Å². The van der Waals surface area contributed by atoms with Gasteiger partial charge < -0.3 is 10.0 Å². The lowest BCUT2D eigenvalue weighted by molar-refractivity contribution is -0.385. The molecule has 0 saturated carbocycles. The highest BCUT2D eigenvalue weighted by molar-refractivity contribution is 5.34. The second kappa shape index (κ2) is 4.40. The maximum Gasteiger partial charge on any atom is 0.305 e. The topological polar surface area (TPSA) is 92.4 Å². The highest BCUT2D eigenvalue weighted by atomic mass is 16.6. The van der Waals surface area contributed by atoms with Gasteiger partial charge in [0.2, 0.25) is 5.95 Å². The van der Waals surface area contributed by atoms with E-state index in [2.05, 4.69) is 9.97 Å². The number of aliphatic hydroxyl groups is 1. The zero-order valence-corrected chi connectivity index (χ0v) is 8.61. The fourth-order valence-electron chi connectivity index (χ4n) is 1.71. The first-order valence-electron chi connectivity index (χ1n) is 5.06. The Hall–Kier alpha value is -1.76. The fraction of sp³-hybridized carbons (Fsp3) is 0.556. The molecule has 0 bridgehead atoms. The van der Waals surface area contributed by atoms with Gasteiger partial charge in [0.25, 0.3) is 0 Å². The monoisotopic (exact) mass is 224 g/mol. The summed E-state index contributed by atoms with van der Waals surface area (Å²) in [6.07, 6.45) is 3.66. The van der Waals surface area contributed by atoms with Crippen LogP contribution in [0.15, 0.2) is 12.4 Å². The van der Waals surface area contributed by atoms with Crippen LogP contribution in [0.3, 0.4) is 0 Å². The molecule has 0 aliphatic carbocycles. The summed E-state index contributed by atoms with van der Waals surface area (Å²) in [5.74, 6) is 0.435. The SMILES string of the molecule is O=[N+]([O-])c1cnc(N2CCC[C@@H](O)C2)nc1. The third-order valence-corrected chi connectivity index (χ3v) is 2.51. The lowest BCUT2D eigenvalue weighted by Gasteiger charge is -2.29. The first-order chi connectivity index (χ1) is 7.66. The molecule has 0 aromatic carbocycles. The molecule has 0 radical (unpaired) electrons. The Morgan fingerprint density at radius 2 is 2.19 bits per heavy atom. The molecule has 1 N–H and O–H groups in total. The Balaban J connectivity index is 2.11. The van der Waals surface area contributed by atoms with Gasteiger partial charge >= 0.3 is 5.69 Å². The number of piperidine rings is 1. The number of β-amino-alcohol motifs (C(OH)–C–C–N with tert-alkyl or cyclic N) is 1. The number of aromatic nitrogens is 2. The molecular weight excluding hydrogens is 212 g/mol. The Labute approximate surface area is 91.9 Å². The van der Waals surface area contributed by atoms with Crippen molar-refractivity contribution in [2.45, 2.75) is 18.9 Å². The van der Waals surface area contributed by atoms with Crippen molar-refractivity contribution in [3.8, 4) is 0 Å². The lowest BCUT2D eigenvalue weighted by atomic mass is 10.1. The molecule has 0 unspecified atom stereocenters. The van der Waals surface area contributed by atoms with Crippen molar-refractivity contribution in [2.24, 2.45) is 0 Å². The minimum atomic E-state index is -0.533. The molecule has 86 valence electrons.